The maximum absolute atomic E-state index is 5.82. The lowest BCUT2D eigenvalue weighted by molar-refractivity contribution is 0.457. The Morgan fingerprint density at radius 1 is 1.12 bits per heavy atom. The molecule has 0 heterocycles. The monoisotopic (exact) mass is 218 g/mol. The summed E-state index contributed by atoms with van der Waals surface area (Å²) >= 11 is 0. The van der Waals surface area contributed by atoms with Crippen LogP contribution in [0.25, 0.3) is 0 Å². The third-order valence-corrected chi connectivity index (χ3v) is 4.58. The number of nitrogens with two attached hydrogens (primary N) is 1. The van der Waals surface area contributed by atoms with Crippen LogP contribution < -0.4 is 11.1 Å². The summed E-state index contributed by atoms with van der Waals surface area (Å²) in [6.07, 6.45) is 0. The number of benzene rings is 1. The number of rotatable bonds is 2. The van der Waals surface area contributed by atoms with Gasteiger partial charge in [0.05, 0.1) is 0 Å². The number of aryl methyl sites for hydroxylation is 1. The molecule has 2 rings (SSSR count). The van der Waals surface area contributed by atoms with Gasteiger partial charge in [0.15, 0.2) is 0 Å². The summed E-state index contributed by atoms with van der Waals surface area (Å²) in [6, 6.07) is 6.57. The molecule has 1 aliphatic rings. The molecule has 1 fully saturated rings. The molecule has 1 aliphatic carbocycles. The van der Waals surface area contributed by atoms with Crippen molar-refractivity contribution in [2.75, 3.05) is 11.1 Å². The first kappa shape index (κ1) is 11.3. The molecule has 1 aromatic carbocycles. The molecule has 0 unspecified atom stereocenters. The zero-order valence-electron chi connectivity index (χ0n) is 10.9. The molecule has 0 atom stereocenters. The summed E-state index contributed by atoms with van der Waals surface area (Å²) in [7, 11) is 0. The van der Waals surface area contributed by atoms with Gasteiger partial charge in [-0.15, -0.1) is 0 Å². The Labute approximate surface area is 98.2 Å². The van der Waals surface area contributed by atoms with Crippen molar-refractivity contribution in [1.29, 1.82) is 0 Å². The Kier molecular flexibility index (Phi) is 2.23. The van der Waals surface area contributed by atoms with Crippen molar-refractivity contribution < 1.29 is 0 Å². The van der Waals surface area contributed by atoms with E-state index in [9.17, 15) is 0 Å². The molecule has 3 N–H and O–H groups in total. The lowest BCUT2D eigenvalue weighted by atomic mass is 10.0. The molecule has 0 radical (unpaired) electrons. The van der Waals surface area contributed by atoms with E-state index >= 15 is 0 Å². The molecule has 2 nitrogen and oxygen atoms in total. The first-order valence-electron chi connectivity index (χ1n) is 5.89. The third kappa shape index (κ3) is 1.48. The summed E-state index contributed by atoms with van der Waals surface area (Å²) in [5, 5.41) is 3.63. The molecule has 0 aromatic heterocycles. The predicted octanol–water partition coefficient (Wildman–Crippen LogP) is 3.42. The Morgan fingerprint density at radius 2 is 1.69 bits per heavy atom. The first-order chi connectivity index (χ1) is 7.26. The van der Waals surface area contributed by atoms with Gasteiger partial charge in [0.1, 0.15) is 0 Å². The van der Waals surface area contributed by atoms with Gasteiger partial charge in [0, 0.05) is 17.4 Å². The van der Waals surface area contributed by atoms with Crippen LogP contribution in [0.15, 0.2) is 18.2 Å². The van der Waals surface area contributed by atoms with Gasteiger partial charge in [0.2, 0.25) is 0 Å². The number of hydrogen-bond donors (Lipinski definition) is 2. The van der Waals surface area contributed by atoms with Gasteiger partial charge in [-0.2, -0.15) is 0 Å². The van der Waals surface area contributed by atoms with Crippen LogP contribution in [-0.2, 0) is 0 Å². The van der Waals surface area contributed by atoms with Crippen molar-refractivity contribution in [3.05, 3.63) is 23.8 Å². The van der Waals surface area contributed by atoms with Crippen molar-refractivity contribution in [3.63, 3.8) is 0 Å². The van der Waals surface area contributed by atoms with Crippen molar-refractivity contribution in [3.8, 4) is 0 Å². The fraction of sp³-hybridized carbons (Fsp3) is 0.571. The van der Waals surface area contributed by atoms with E-state index in [0.29, 0.717) is 16.9 Å². The normalized spacial score (nSPS) is 21.8. The fourth-order valence-electron chi connectivity index (χ4n) is 2.51. The van der Waals surface area contributed by atoms with Crippen LogP contribution in [0, 0.1) is 17.8 Å². The Hall–Kier alpha value is -1.18. The highest BCUT2D eigenvalue weighted by Crippen LogP contribution is 2.63. The molecular formula is C14H22N2. The Balaban J connectivity index is 2.21. The molecule has 16 heavy (non-hydrogen) atoms. The van der Waals surface area contributed by atoms with Crippen molar-refractivity contribution in [1.82, 2.24) is 0 Å². The van der Waals surface area contributed by atoms with Crippen LogP contribution in [-0.4, -0.2) is 6.04 Å². The van der Waals surface area contributed by atoms with Gasteiger partial charge < -0.3 is 11.1 Å². The molecule has 1 aromatic rings. The van der Waals surface area contributed by atoms with Gasteiger partial charge in [-0.05, 0) is 35.4 Å². The minimum atomic E-state index is 0.351. The molecule has 0 spiro atoms. The fourth-order valence-corrected chi connectivity index (χ4v) is 2.51. The van der Waals surface area contributed by atoms with E-state index in [1.807, 2.05) is 12.1 Å². The number of anilines is 2. The van der Waals surface area contributed by atoms with E-state index in [0.717, 1.165) is 5.69 Å². The highest BCUT2D eigenvalue weighted by Gasteiger charge is 2.64. The van der Waals surface area contributed by atoms with Crippen LogP contribution in [0.2, 0.25) is 0 Å². The van der Waals surface area contributed by atoms with Crippen molar-refractivity contribution in [2.45, 2.75) is 40.7 Å². The molecule has 0 bridgehead atoms. The molecule has 0 aliphatic heterocycles. The second-order valence-electron chi connectivity index (χ2n) is 6.10. The highest BCUT2D eigenvalue weighted by molar-refractivity contribution is 5.61. The summed E-state index contributed by atoms with van der Waals surface area (Å²) in [4.78, 5) is 0. The van der Waals surface area contributed by atoms with E-state index in [1.54, 1.807) is 0 Å². The quantitative estimate of drug-likeness (QED) is 0.746. The van der Waals surface area contributed by atoms with E-state index in [2.05, 4.69) is 46.0 Å². The van der Waals surface area contributed by atoms with Crippen LogP contribution in [0.3, 0.4) is 0 Å². The maximum Gasteiger partial charge on any atom is 0.0393 e. The summed E-state index contributed by atoms with van der Waals surface area (Å²) in [5.74, 6) is 0. The SMILES string of the molecule is Cc1ccc(N)cc1NC1C(C)(C)C1(C)C. The topological polar surface area (TPSA) is 38.0 Å². The van der Waals surface area contributed by atoms with E-state index in [-0.39, 0.29) is 0 Å². The Morgan fingerprint density at radius 3 is 2.19 bits per heavy atom. The van der Waals surface area contributed by atoms with Gasteiger partial charge >= 0.3 is 0 Å². The summed E-state index contributed by atoms with van der Waals surface area (Å²) in [5.41, 5.74) is 9.77. The molecule has 2 heteroatoms. The number of nitrogen functional groups attached to an aromatic ring is 1. The largest absolute Gasteiger partial charge is 0.399 e. The van der Waals surface area contributed by atoms with Crippen molar-refractivity contribution in [2.24, 2.45) is 10.8 Å². The predicted molar refractivity (Wildman–Crippen MR) is 70.6 cm³/mol. The van der Waals surface area contributed by atoms with E-state index in [4.69, 9.17) is 5.73 Å². The van der Waals surface area contributed by atoms with Gasteiger partial charge in [0.25, 0.3) is 0 Å². The zero-order valence-corrected chi connectivity index (χ0v) is 10.9. The van der Waals surface area contributed by atoms with Gasteiger partial charge in [-0.25, -0.2) is 0 Å². The van der Waals surface area contributed by atoms with Crippen molar-refractivity contribution >= 4 is 11.4 Å². The lowest BCUT2D eigenvalue weighted by Crippen LogP contribution is -2.11. The van der Waals surface area contributed by atoms with Crippen LogP contribution in [0.1, 0.15) is 33.3 Å². The number of hydrogen-bond acceptors (Lipinski definition) is 2. The Bertz CT molecular complexity index is 405. The molecule has 0 saturated heterocycles. The molecule has 88 valence electrons. The van der Waals surface area contributed by atoms with Gasteiger partial charge in [-0.3, -0.25) is 0 Å². The zero-order chi connectivity index (χ0) is 12.1. The van der Waals surface area contributed by atoms with Crippen LogP contribution >= 0.6 is 0 Å². The smallest absolute Gasteiger partial charge is 0.0393 e. The maximum atomic E-state index is 5.82. The van der Waals surface area contributed by atoms with E-state index in [1.165, 1.54) is 11.3 Å². The first-order valence-corrected chi connectivity index (χ1v) is 5.89. The number of nitrogens with one attached hydrogen (secondary N) is 1. The van der Waals surface area contributed by atoms with E-state index < -0.39 is 0 Å². The molecule has 1 saturated carbocycles. The minimum Gasteiger partial charge on any atom is -0.399 e. The second-order valence-corrected chi connectivity index (χ2v) is 6.10. The summed E-state index contributed by atoms with van der Waals surface area (Å²) < 4.78 is 0. The standard InChI is InChI=1S/C14H22N2/c1-9-6-7-10(15)8-11(9)16-12-13(2,3)14(12,4)5/h6-8,12,16H,15H2,1-5H3. The average Bonchev–Trinajstić information content (AvgIpc) is 2.54. The molecular weight excluding hydrogens is 196 g/mol. The highest BCUT2D eigenvalue weighted by atomic mass is 15.0. The second kappa shape index (κ2) is 3.16. The third-order valence-electron chi connectivity index (χ3n) is 4.58. The lowest BCUT2D eigenvalue weighted by Gasteiger charge is -2.12. The van der Waals surface area contributed by atoms with Gasteiger partial charge in [-0.1, -0.05) is 33.8 Å². The molecule has 0 amide bonds. The summed E-state index contributed by atoms with van der Waals surface area (Å²) in [6.45, 7) is 11.4. The minimum absolute atomic E-state index is 0.351. The average molecular weight is 218 g/mol. The van der Waals surface area contributed by atoms with Crippen LogP contribution in [0.4, 0.5) is 11.4 Å². The van der Waals surface area contributed by atoms with Crippen LogP contribution in [0.5, 0.6) is 0 Å².